The van der Waals surface area contributed by atoms with Gasteiger partial charge in [0.2, 0.25) is 0 Å². The van der Waals surface area contributed by atoms with Crippen LogP contribution in [0.25, 0.3) is 11.3 Å². The summed E-state index contributed by atoms with van der Waals surface area (Å²) >= 11 is 0. The Morgan fingerprint density at radius 1 is 1.32 bits per heavy atom. The fraction of sp³-hybridized carbons (Fsp3) is 0.560. The van der Waals surface area contributed by atoms with Gasteiger partial charge in [-0.05, 0) is 57.5 Å². The first kappa shape index (κ1) is 27.6. The molecule has 0 fully saturated rings. The molecule has 0 radical (unpaired) electrons. The maximum Gasteiger partial charge on any atom is 0.408 e. The number of nitrogens with zero attached hydrogens (tertiary/aromatic N) is 4. The zero-order valence-corrected chi connectivity index (χ0v) is 22.9. The number of nitrogens with two attached hydrogens (primary N) is 1. The van der Waals surface area contributed by atoms with Crippen LogP contribution in [-0.2, 0) is 11.0 Å². The van der Waals surface area contributed by atoms with Crippen LogP contribution in [-0.4, -0.2) is 51.3 Å². The number of aromatic nitrogens is 3. The molecule has 0 aliphatic heterocycles. The van der Waals surface area contributed by atoms with Crippen LogP contribution in [0.4, 0.5) is 10.5 Å². The van der Waals surface area contributed by atoms with Gasteiger partial charge in [0.1, 0.15) is 0 Å². The lowest BCUT2D eigenvalue weighted by molar-refractivity contribution is 0.0691. The van der Waals surface area contributed by atoms with Crippen molar-refractivity contribution in [3.63, 3.8) is 0 Å². The van der Waals surface area contributed by atoms with Crippen molar-refractivity contribution in [1.82, 2.24) is 19.7 Å². The Kier molecular flexibility index (Phi) is 8.37. The van der Waals surface area contributed by atoms with Crippen LogP contribution in [0.2, 0.25) is 18.1 Å². The van der Waals surface area contributed by atoms with E-state index in [9.17, 15) is 9.90 Å². The molecule has 0 bridgehead atoms. The molecule has 0 aliphatic carbocycles. The maximum atomic E-state index is 12.1. The fourth-order valence-electron chi connectivity index (χ4n) is 3.67. The van der Waals surface area contributed by atoms with Gasteiger partial charge < -0.3 is 15.3 Å². The van der Waals surface area contributed by atoms with Gasteiger partial charge in [0.05, 0.1) is 42.5 Å². The van der Waals surface area contributed by atoms with Gasteiger partial charge in [-0.3, -0.25) is 14.6 Å². The van der Waals surface area contributed by atoms with Gasteiger partial charge in [-0.25, -0.2) is 4.79 Å². The van der Waals surface area contributed by atoms with Crippen LogP contribution >= 0.6 is 0 Å². The quantitative estimate of drug-likeness (QED) is 0.335. The van der Waals surface area contributed by atoms with E-state index in [0.29, 0.717) is 31.0 Å². The normalized spacial score (nSPS) is 13.5. The summed E-state index contributed by atoms with van der Waals surface area (Å²) in [6, 6.07) is 3.29. The Hall–Kier alpha value is -2.65. The van der Waals surface area contributed by atoms with Crippen LogP contribution < -0.4 is 5.73 Å². The Bertz CT molecular complexity index is 1000. The third kappa shape index (κ3) is 6.27. The molecule has 0 saturated heterocycles. The van der Waals surface area contributed by atoms with E-state index in [4.69, 9.17) is 10.2 Å². The van der Waals surface area contributed by atoms with Crippen molar-refractivity contribution in [2.45, 2.75) is 84.2 Å². The van der Waals surface area contributed by atoms with Crippen molar-refractivity contribution >= 4 is 20.1 Å². The number of rotatable bonds is 9. The van der Waals surface area contributed by atoms with Crippen molar-refractivity contribution in [2.24, 2.45) is 0 Å². The Balaban J connectivity index is 2.39. The molecule has 2 aromatic heterocycles. The summed E-state index contributed by atoms with van der Waals surface area (Å²) in [6.07, 6.45) is 4.49. The second-order valence-corrected chi connectivity index (χ2v) is 15.9. The van der Waals surface area contributed by atoms with E-state index in [0.717, 1.165) is 11.3 Å². The van der Waals surface area contributed by atoms with Crippen LogP contribution in [0.3, 0.4) is 0 Å². The summed E-state index contributed by atoms with van der Waals surface area (Å²) in [7, 11) is -1.88. The summed E-state index contributed by atoms with van der Waals surface area (Å²) in [5, 5.41) is 14.5. The molecule has 2 aromatic rings. The van der Waals surface area contributed by atoms with Crippen molar-refractivity contribution in [3.8, 4) is 11.3 Å². The van der Waals surface area contributed by atoms with E-state index in [-0.39, 0.29) is 5.04 Å². The van der Waals surface area contributed by atoms with Gasteiger partial charge >= 0.3 is 6.09 Å². The summed E-state index contributed by atoms with van der Waals surface area (Å²) in [4.78, 5) is 18.1. The van der Waals surface area contributed by atoms with E-state index in [2.05, 4.69) is 50.5 Å². The monoisotopic (exact) mass is 487 g/mol. The van der Waals surface area contributed by atoms with Crippen LogP contribution in [0.1, 0.15) is 59.7 Å². The molecule has 2 heterocycles. The first-order chi connectivity index (χ1) is 15.6. The Labute approximate surface area is 205 Å². The SMILES string of the molecule is C=CC[C@@H](c1cc(-c2c(N)cnn2CCO[Si](C)(C)C(C)(C)C)ccn1)N(C(=O)O)C(C)(C)C. The average molecular weight is 488 g/mol. The summed E-state index contributed by atoms with van der Waals surface area (Å²) in [5.41, 5.74) is 8.49. The molecule has 1 amide bonds. The minimum absolute atomic E-state index is 0.127. The smallest absolute Gasteiger partial charge is 0.408 e. The van der Waals surface area contributed by atoms with Gasteiger partial charge in [0.25, 0.3) is 0 Å². The van der Waals surface area contributed by atoms with Crippen molar-refractivity contribution < 1.29 is 14.3 Å². The van der Waals surface area contributed by atoms with Crippen molar-refractivity contribution in [2.75, 3.05) is 12.3 Å². The first-order valence-corrected chi connectivity index (χ1v) is 14.6. The molecule has 8 nitrogen and oxygen atoms in total. The van der Waals surface area contributed by atoms with Crippen LogP contribution in [0, 0.1) is 0 Å². The number of amides is 1. The second kappa shape index (κ2) is 10.3. The zero-order chi connectivity index (χ0) is 25.9. The highest BCUT2D eigenvalue weighted by molar-refractivity contribution is 6.74. The lowest BCUT2D eigenvalue weighted by Gasteiger charge is -2.39. The molecule has 0 spiro atoms. The largest absolute Gasteiger partial charge is 0.465 e. The summed E-state index contributed by atoms with van der Waals surface area (Å²) in [5.74, 6) is 0. The van der Waals surface area contributed by atoms with Crippen LogP contribution in [0.5, 0.6) is 0 Å². The predicted octanol–water partition coefficient (Wildman–Crippen LogP) is 5.94. The highest BCUT2D eigenvalue weighted by Gasteiger charge is 2.37. The standard InChI is InChI=1S/C25H41N5O3Si/c1-10-11-21(30(23(31)32)24(2,3)4)20-16-18(12-13-27-20)22-19(26)17-28-29(22)14-15-33-34(8,9)25(5,6)7/h10,12-13,16-17,21H,1,11,14-15,26H2,2-9H3,(H,31,32)/t21-/m0/s1. The molecule has 3 N–H and O–H groups in total. The first-order valence-electron chi connectivity index (χ1n) is 11.6. The summed E-state index contributed by atoms with van der Waals surface area (Å²) in [6.45, 7) is 21.6. The Morgan fingerprint density at radius 2 is 1.97 bits per heavy atom. The van der Waals surface area contributed by atoms with Gasteiger partial charge in [-0.2, -0.15) is 5.10 Å². The second-order valence-electron chi connectivity index (χ2n) is 11.1. The Morgan fingerprint density at radius 3 is 2.50 bits per heavy atom. The molecule has 34 heavy (non-hydrogen) atoms. The number of hydrogen-bond acceptors (Lipinski definition) is 5. The van der Waals surface area contributed by atoms with Gasteiger partial charge in [-0.15, -0.1) is 6.58 Å². The van der Waals surface area contributed by atoms with Crippen molar-refractivity contribution in [1.29, 1.82) is 0 Å². The van der Waals surface area contributed by atoms with Gasteiger partial charge in [0, 0.05) is 17.3 Å². The van der Waals surface area contributed by atoms with E-state index < -0.39 is 26.0 Å². The van der Waals surface area contributed by atoms with Crippen LogP contribution in [0.15, 0.2) is 37.2 Å². The number of hydrogen-bond donors (Lipinski definition) is 2. The highest BCUT2D eigenvalue weighted by Crippen LogP contribution is 2.37. The van der Waals surface area contributed by atoms with E-state index in [1.807, 2.05) is 37.6 Å². The number of pyridine rings is 1. The predicted molar refractivity (Wildman–Crippen MR) is 140 cm³/mol. The minimum Gasteiger partial charge on any atom is -0.465 e. The highest BCUT2D eigenvalue weighted by atomic mass is 28.4. The topological polar surface area (TPSA) is 106 Å². The maximum absolute atomic E-state index is 12.1. The molecular weight excluding hydrogens is 446 g/mol. The van der Waals surface area contributed by atoms with E-state index in [1.165, 1.54) is 4.90 Å². The lowest BCUT2D eigenvalue weighted by atomic mass is 9.98. The van der Waals surface area contributed by atoms with Gasteiger partial charge in [-0.1, -0.05) is 26.8 Å². The zero-order valence-electron chi connectivity index (χ0n) is 21.9. The molecule has 0 unspecified atom stereocenters. The third-order valence-corrected chi connectivity index (χ3v) is 11.0. The lowest BCUT2D eigenvalue weighted by Crippen LogP contribution is -2.47. The van der Waals surface area contributed by atoms with Gasteiger partial charge in [0.15, 0.2) is 8.32 Å². The fourth-order valence-corrected chi connectivity index (χ4v) is 4.71. The molecule has 0 aromatic carbocycles. The van der Waals surface area contributed by atoms with E-state index >= 15 is 0 Å². The molecule has 1 atom stereocenters. The molecule has 0 saturated carbocycles. The number of nitrogen functional groups attached to an aromatic ring is 1. The molecular formula is C25H41N5O3Si. The van der Waals surface area contributed by atoms with Crippen molar-refractivity contribution in [3.05, 3.63) is 42.9 Å². The molecule has 9 heteroatoms. The summed E-state index contributed by atoms with van der Waals surface area (Å²) < 4.78 is 8.18. The number of carboxylic acid groups (broad SMARTS) is 1. The minimum atomic E-state index is -1.88. The third-order valence-electron chi connectivity index (χ3n) is 6.47. The molecule has 188 valence electrons. The molecule has 2 rings (SSSR count). The number of anilines is 1. The average Bonchev–Trinajstić information content (AvgIpc) is 3.05. The molecule has 0 aliphatic rings. The number of carbonyl (C=O) groups is 1. The van der Waals surface area contributed by atoms with E-state index in [1.54, 1.807) is 18.5 Å².